The lowest BCUT2D eigenvalue weighted by Gasteiger charge is -2.03. The summed E-state index contributed by atoms with van der Waals surface area (Å²) in [6, 6.07) is 0. The molecule has 0 saturated carbocycles. The Hall–Kier alpha value is -1.29. The fourth-order valence-electron chi connectivity index (χ4n) is 0.737. The molecule has 0 aliphatic carbocycles. The van der Waals surface area contributed by atoms with Crippen molar-refractivity contribution in [3.05, 3.63) is 22.5 Å². The largest absolute Gasteiger partial charge is 0.476 e. The zero-order valence-corrected chi connectivity index (χ0v) is 7.09. The molecule has 1 rings (SSSR count). The van der Waals surface area contributed by atoms with Crippen LogP contribution < -0.4 is 5.73 Å². The van der Waals surface area contributed by atoms with Crippen LogP contribution in [0.15, 0.2) is 6.20 Å². The first-order valence-corrected chi connectivity index (χ1v) is 3.55. The lowest BCUT2D eigenvalue weighted by molar-refractivity contribution is 0.0691. The number of halogens is 1. The molecule has 0 aliphatic heterocycles. The molecule has 0 amide bonds. The van der Waals surface area contributed by atoms with Crippen LogP contribution >= 0.6 is 11.6 Å². The van der Waals surface area contributed by atoms with Crippen molar-refractivity contribution in [2.75, 3.05) is 5.73 Å². The first kappa shape index (κ1) is 8.80. The predicted molar refractivity (Wildman–Crippen MR) is 45.4 cm³/mol. The number of hydrogen-bond acceptors (Lipinski definition) is 3. The summed E-state index contributed by atoms with van der Waals surface area (Å²) in [6.07, 6.45) is 1.38. The van der Waals surface area contributed by atoms with Gasteiger partial charge in [0.05, 0.1) is 10.7 Å². The third-order valence-electron chi connectivity index (χ3n) is 1.46. The first-order chi connectivity index (χ1) is 5.54. The second-order valence-corrected chi connectivity index (χ2v) is 2.70. The van der Waals surface area contributed by atoms with Gasteiger partial charge in [-0.05, 0) is 12.5 Å². The number of aryl methyl sites for hydroxylation is 1. The maximum absolute atomic E-state index is 10.5. The smallest absolute Gasteiger partial charge is 0.356 e. The third-order valence-corrected chi connectivity index (χ3v) is 1.84. The Morgan fingerprint density at radius 1 is 1.75 bits per heavy atom. The predicted octanol–water partition coefficient (Wildman–Crippen LogP) is 1.32. The standard InChI is InChI=1S/C7H7ClN2O2/c1-3-2-10-6(7(11)12)4(8)5(3)9/h2H,1H3,(H2,9,10)(H,11,12). The molecular formula is C7H7ClN2O2. The molecule has 1 aromatic heterocycles. The average Bonchev–Trinajstić information content (AvgIpc) is 2.00. The van der Waals surface area contributed by atoms with E-state index in [4.69, 9.17) is 22.4 Å². The summed E-state index contributed by atoms with van der Waals surface area (Å²) in [4.78, 5) is 14.1. The fourth-order valence-corrected chi connectivity index (χ4v) is 1.02. The number of carbonyl (C=O) groups is 1. The van der Waals surface area contributed by atoms with E-state index < -0.39 is 5.97 Å². The number of nitrogen functional groups attached to an aromatic ring is 1. The molecule has 0 fully saturated rings. The summed E-state index contributed by atoms with van der Waals surface area (Å²) in [6.45, 7) is 1.71. The zero-order valence-electron chi connectivity index (χ0n) is 6.34. The maximum Gasteiger partial charge on any atom is 0.356 e. The van der Waals surface area contributed by atoms with Crippen molar-refractivity contribution in [2.24, 2.45) is 0 Å². The maximum atomic E-state index is 10.5. The topological polar surface area (TPSA) is 76.2 Å². The number of rotatable bonds is 1. The van der Waals surface area contributed by atoms with Gasteiger partial charge in [0, 0.05) is 6.20 Å². The first-order valence-electron chi connectivity index (χ1n) is 3.18. The van der Waals surface area contributed by atoms with E-state index in [1.807, 2.05) is 0 Å². The summed E-state index contributed by atoms with van der Waals surface area (Å²) in [5, 5.41) is 8.58. The number of hydrogen-bond donors (Lipinski definition) is 2. The van der Waals surface area contributed by atoms with Crippen LogP contribution in [0.3, 0.4) is 0 Å². The lowest BCUT2D eigenvalue weighted by Crippen LogP contribution is -2.04. The van der Waals surface area contributed by atoms with Gasteiger partial charge in [0.2, 0.25) is 0 Å². The highest BCUT2D eigenvalue weighted by atomic mass is 35.5. The molecule has 4 nitrogen and oxygen atoms in total. The minimum absolute atomic E-state index is 0.00231. The van der Waals surface area contributed by atoms with Crippen LogP contribution in [-0.2, 0) is 0 Å². The molecule has 5 heteroatoms. The van der Waals surface area contributed by atoms with Gasteiger partial charge in [0.25, 0.3) is 0 Å². The number of carboxylic acids is 1. The normalized spacial score (nSPS) is 9.83. The Morgan fingerprint density at radius 2 is 2.33 bits per heavy atom. The SMILES string of the molecule is Cc1cnc(C(=O)O)c(Cl)c1N. The molecule has 0 bridgehead atoms. The third kappa shape index (κ3) is 1.33. The molecule has 0 unspecified atom stereocenters. The number of nitrogens with two attached hydrogens (primary N) is 1. The number of carboxylic acid groups (broad SMARTS) is 1. The molecule has 0 spiro atoms. The van der Waals surface area contributed by atoms with Crippen LogP contribution in [0, 0.1) is 6.92 Å². The number of anilines is 1. The number of pyridine rings is 1. The molecule has 0 saturated heterocycles. The van der Waals surface area contributed by atoms with Gasteiger partial charge in [0.1, 0.15) is 0 Å². The van der Waals surface area contributed by atoms with Crippen LogP contribution in [-0.4, -0.2) is 16.1 Å². The number of aromatic nitrogens is 1. The van der Waals surface area contributed by atoms with Crippen LogP contribution in [0.5, 0.6) is 0 Å². The Balaban J connectivity index is 3.36. The van der Waals surface area contributed by atoms with Crippen molar-refractivity contribution in [1.82, 2.24) is 4.98 Å². The van der Waals surface area contributed by atoms with Gasteiger partial charge in [-0.25, -0.2) is 9.78 Å². The van der Waals surface area contributed by atoms with Crippen LogP contribution in [0.2, 0.25) is 5.02 Å². The Morgan fingerprint density at radius 3 is 2.83 bits per heavy atom. The van der Waals surface area contributed by atoms with E-state index in [2.05, 4.69) is 4.98 Å². The molecule has 12 heavy (non-hydrogen) atoms. The van der Waals surface area contributed by atoms with Gasteiger partial charge >= 0.3 is 5.97 Å². The van der Waals surface area contributed by atoms with E-state index in [1.165, 1.54) is 6.20 Å². The van der Waals surface area contributed by atoms with E-state index in [9.17, 15) is 4.79 Å². The molecule has 1 aromatic rings. The summed E-state index contributed by atoms with van der Waals surface area (Å²) >= 11 is 5.63. The van der Waals surface area contributed by atoms with E-state index in [-0.39, 0.29) is 16.4 Å². The molecule has 0 radical (unpaired) electrons. The molecule has 0 atom stereocenters. The van der Waals surface area contributed by atoms with Gasteiger partial charge in [0.15, 0.2) is 5.69 Å². The second-order valence-electron chi connectivity index (χ2n) is 2.32. The highest BCUT2D eigenvalue weighted by Gasteiger charge is 2.13. The second kappa shape index (κ2) is 2.98. The highest BCUT2D eigenvalue weighted by Crippen LogP contribution is 2.24. The summed E-state index contributed by atoms with van der Waals surface area (Å²) in [7, 11) is 0. The fraction of sp³-hybridized carbons (Fsp3) is 0.143. The molecule has 0 aromatic carbocycles. The van der Waals surface area contributed by atoms with Crippen molar-refractivity contribution in [1.29, 1.82) is 0 Å². The van der Waals surface area contributed by atoms with Gasteiger partial charge in [-0.15, -0.1) is 0 Å². The summed E-state index contributed by atoms with van der Waals surface area (Å²) in [5.41, 5.74) is 6.22. The molecule has 0 aliphatic rings. The monoisotopic (exact) mass is 186 g/mol. The Bertz CT molecular complexity index is 338. The molecule has 1 heterocycles. The minimum atomic E-state index is -1.17. The summed E-state index contributed by atoms with van der Waals surface area (Å²) < 4.78 is 0. The highest BCUT2D eigenvalue weighted by molar-refractivity contribution is 6.35. The van der Waals surface area contributed by atoms with E-state index in [1.54, 1.807) is 6.92 Å². The van der Waals surface area contributed by atoms with Crippen LogP contribution in [0.1, 0.15) is 16.1 Å². The van der Waals surface area contributed by atoms with E-state index >= 15 is 0 Å². The van der Waals surface area contributed by atoms with Gasteiger partial charge in [-0.2, -0.15) is 0 Å². The Labute approximate surface area is 74.0 Å². The van der Waals surface area contributed by atoms with E-state index in [0.717, 1.165) is 0 Å². The lowest BCUT2D eigenvalue weighted by atomic mass is 10.2. The van der Waals surface area contributed by atoms with Gasteiger partial charge < -0.3 is 10.8 Å². The van der Waals surface area contributed by atoms with Crippen LogP contribution in [0.25, 0.3) is 0 Å². The van der Waals surface area contributed by atoms with Crippen molar-refractivity contribution in [3.8, 4) is 0 Å². The van der Waals surface area contributed by atoms with Gasteiger partial charge in [-0.3, -0.25) is 0 Å². The van der Waals surface area contributed by atoms with Crippen molar-refractivity contribution in [2.45, 2.75) is 6.92 Å². The minimum Gasteiger partial charge on any atom is -0.476 e. The van der Waals surface area contributed by atoms with Crippen molar-refractivity contribution >= 4 is 23.3 Å². The van der Waals surface area contributed by atoms with E-state index in [0.29, 0.717) is 5.56 Å². The summed E-state index contributed by atoms with van der Waals surface area (Å²) in [5.74, 6) is -1.17. The number of aromatic carboxylic acids is 1. The van der Waals surface area contributed by atoms with Crippen LogP contribution in [0.4, 0.5) is 5.69 Å². The molecule has 64 valence electrons. The average molecular weight is 187 g/mol. The molecular weight excluding hydrogens is 180 g/mol. The Kier molecular flexibility index (Phi) is 2.19. The quantitative estimate of drug-likeness (QED) is 0.694. The molecule has 3 N–H and O–H groups in total. The number of nitrogens with zero attached hydrogens (tertiary/aromatic N) is 1. The zero-order chi connectivity index (χ0) is 9.30. The van der Waals surface area contributed by atoms with Crippen molar-refractivity contribution < 1.29 is 9.90 Å². The van der Waals surface area contributed by atoms with Crippen molar-refractivity contribution in [3.63, 3.8) is 0 Å². The van der Waals surface area contributed by atoms with Gasteiger partial charge in [-0.1, -0.05) is 11.6 Å².